The predicted molar refractivity (Wildman–Crippen MR) is 179 cm³/mol. The molecule has 3 aromatic carbocycles. The van der Waals surface area contributed by atoms with Crippen molar-refractivity contribution in [2.45, 2.75) is 24.2 Å². The van der Waals surface area contributed by atoms with E-state index in [1.54, 1.807) is 64.4 Å². The van der Waals surface area contributed by atoms with Crippen molar-refractivity contribution in [2.75, 3.05) is 20.0 Å². The molecule has 14 heteroatoms. The molecule has 47 heavy (non-hydrogen) atoms. The molecular formula is C33H28ClFN6O4S2. The van der Waals surface area contributed by atoms with E-state index in [-0.39, 0.29) is 36.0 Å². The molecule has 1 aliphatic rings. The number of carbonyl (C=O) groups is 2. The number of amides is 2. The first kappa shape index (κ1) is 32.2. The maximum absolute atomic E-state index is 13.7. The van der Waals surface area contributed by atoms with E-state index in [9.17, 15) is 14.0 Å². The summed E-state index contributed by atoms with van der Waals surface area (Å²) < 4.78 is 26.1. The summed E-state index contributed by atoms with van der Waals surface area (Å²) in [5, 5.41) is 20.6. The van der Waals surface area contributed by atoms with Gasteiger partial charge in [-0.1, -0.05) is 47.6 Å². The fourth-order valence-electron chi connectivity index (χ4n) is 5.05. The molecule has 10 nitrogen and oxygen atoms in total. The van der Waals surface area contributed by atoms with Crippen LogP contribution in [-0.4, -0.2) is 57.3 Å². The van der Waals surface area contributed by atoms with E-state index in [1.165, 1.54) is 43.1 Å². The number of rotatable bonds is 11. The number of aromatic nitrogens is 3. The summed E-state index contributed by atoms with van der Waals surface area (Å²) in [7, 11) is 3.02. The van der Waals surface area contributed by atoms with Gasteiger partial charge in [0.25, 0.3) is 11.8 Å². The van der Waals surface area contributed by atoms with Crippen LogP contribution in [0.4, 0.5) is 4.39 Å². The molecule has 0 fully saturated rings. The van der Waals surface area contributed by atoms with Gasteiger partial charge in [-0.2, -0.15) is 5.10 Å². The molecule has 0 saturated heterocycles. The fraction of sp³-hybridized carbons (Fsp3) is 0.182. The van der Waals surface area contributed by atoms with Crippen LogP contribution in [0.25, 0.3) is 5.69 Å². The molecule has 2 aromatic heterocycles. The van der Waals surface area contributed by atoms with Gasteiger partial charge >= 0.3 is 0 Å². The highest BCUT2D eigenvalue weighted by molar-refractivity contribution is 7.99. The van der Waals surface area contributed by atoms with E-state index in [1.807, 2.05) is 23.6 Å². The van der Waals surface area contributed by atoms with Crippen molar-refractivity contribution in [2.24, 2.45) is 5.10 Å². The van der Waals surface area contributed by atoms with Crippen molar-refractivity contribution in [3.8, 4) is 17.2 Å². The first-order valence-electron chi connectivity index (χ1n) is 14.4. The van der Waals surface area contributed by atoms with Crippen LogP contribution in [0, 0.1) is 5.82 Å². The van der Waals surface area contributed by atoms with E-state index >= 15 is 0 Å². The Morgan fingerprint density at radius 3 is 2.47 bits per heavy atom. The lowest BCUT2D eigenvalue weighted by atomic mass is 10.0. The maximum atomic E-state index is 13.7. The highest BCUT2D eigenvalue weighted by atomic mass is 35.5. The third-order valence-electron chi connectivity index (χ3n) is 7.34. The van der Waals surface area contributed by atoms with Crippen LogP contribution in [0.5, 0.6) is 11.5 Å². The van der Waals surface area contributed by atoms with Crippen LogP contribution >= 0.6 is 34.7 Å². The molecule has 0 saturated carbocycles. The Morgan fingerprint density at radius 1 is 1.02 bits per heavy atom. The smallest absolute Gasteiger partial charge is 0.253 e. The number of methoxy groups -OCH3 is 2. The second-order valence-electron chi connectivity index (χ2n) is 10.3. The number of nitrogens with zero attached hydrogens (tertiary/aromatic N) is 5. The van der Waals surface area contributed by atoms with Gasteiger partial charge in [-0.15, -0.1) is 21.5 Å². The topological polar surface area (TPSA) is 111 Å². The number of carbonyl (C=O) groups excluding carboxylic acids is 2. The summed E-state index contributed by atoms with van der Waals surface area (Å²) in [6, 6.07) is 21.7. The number of ether oxygens (including phenoxy) is 2. The van der Waals surface area contributed by atoms with Gasteiger partial charge < -0.3 is 14.8 Å². The molecule has 1 N–H and O–H groups in total. The quantitative estimate of drug-likeness (QED) is 0.157. The number of hydrogen-bond donors (Lipinski definition) is 1. The monoisotopic (exact) mass is 690 g/mol. The third-order valence-corrected chi connectivity index (χ3v) is 9.41. The van der Waals surface area contributed by atoms with Crippen LogP contribution in [0.15, 0.2) is 94.5 Å². The standard InChI is InChI=1S/C33H28ClFN6O4S2/c1-44-25-13-21(14-26(16-25)45-2)32(43)36-18-30-37-38-33(40(30)24-6-3-5-22(34)15-24)47-19-31(42)41-28(20-8-10-23(35)11-9-20)17-27(39-41)29-7-4-12-46-29/h3-16,28H,17-19H2,1-2H3,(H,36,43). The number of nitrogens with one attached hydrogen (secondary N) is 1. The lowest BCUT2D eigenvalue weighted by Crippen LogP contribution is -2.28. The number of thioether (sulfide) groups is 1. The molecule has 2 amide bonds. The Kier molecular flexibility index (Phi) is 9.85. The van der Waals surface area contributed by atoms with Gasteiger partial charge in [-0.3, -0.25) is 14.2 Å². The zero-order valence-corrected chi connectivity index (χ0v) is 27.6. The molecule has 5 aromatic rings. The molecule has 6 rings (SSSR count). The van der Waals surface area contributed by atoms with Crippen LogP contribution in [0.1, 0.15) is 39.1 Å². The molecule has 3 heterocycles. The minimum absolute atomic E-state index is 0.00637. The van der Waals surface area contributed by atoms with E-state index < -0.39 is 0 Å². The van der Waals surface area contributed by atoms with E-state index in [0.29, 0.717) is 45.2 Å². The summed E-state index contributed by atoms with van der Waals surface area (Å²) in [6.07, 6.45) is 0.504. The number of benzene rings is 3. The maximum Gasteiger partial charge on any atom is 0.253 e. The average Bonchev–Trinajstić information content (AvgIpc) is 3.86. The van der Waals surface area contributed by atoms with Crippen LogP contribution < -0.4 is 14.8 Å². The van der Waals surface area contributed by atoms with Gasteiger partial charge in [0.2, 0.25) is 0 Å². The number of halogens is 2. The zero-order valence-electron chi connectivity index (χ0n) is 25.2. The summed E-state index contributed by atoms with van der Waals surface area (Å²) in [6.45, 7) is 0.0274. The molecule has 0 radical (unpaired) electrons. The van der Waals surface area contributed by atoms with Gasteiger partial charge in [0.15, 0.2) is 11.0 Å². The lowest BCUT2D eigenvalue weighted by molar-refractivity contribution is -0.130. The molecule has 0 bridgehead atoms. The molecule has 240 valence electrons. The Morgan fingerprint density at radius 2 is 1.79 bits per heavy atom. The minimum atomic E-state index is -0.382. The van der Waals surface area contributed by atoms with Gasteiger partial charge in [0.1, 0.15) is 17.3 Å². The fourth-order valence-corrected chi connectivity index (χ4v) is 6.78. The van der Waals surface area contributed by atoms with Gasteiger partial charge in [-0.25, -0.2) is 9.40 Å². The minimum Gasteiger partial charge on any atom is -0.497 e. The molecular weight excluding hydrogens is 663 g/mol. The van der Waals surface area contributed by atoms with E-state index in [4.69, 9.17) is 26.2 Å². The van der Waals surface area contributed by atoms with Crippen LogP contribution in [0.2, 0.25) is 5.02 Å². The number of hydrogen-bond acceptors (Lipinski definition) is 9. The molecule has 1 atom stereocenters. The largest absolute Gasteiger partial charge is 0.497 e. The lowest BCUT2D eigenvalue weighted by Gasteiger charge is -2.22. The van der Waals surface area contributed by atoms with Crippen LogP contribution in [0.3, 0.4) is 0 Å². The van der Waals surface area contributed by atoms with Crippen LogP contribution in [-0.2, 0) is 11.3 Å². The van der Waals surface area contributed by atoms with Gasteiger partial charge in [0.05, 0.1) is 48.8 Å². The summed E-state index contributed by atoms with van der Waals surface area (Å²) >= 11 is 9.06. The van der Waals surface area contributed by atoms with Crippen molar-refractivity contribution in [3.63, 3.8) is 0 Å². The highest BCUT2D eigenvalue weighted by Crippen LogP contribution is 2.35. The normalized spacial score (nSPS) is 14.2. The number of hydrazone groups is 1. The predicted octanol–water partition coefficient (Wildman–Crippen LogP) is 6.54. The zero-order chi connectivity index (χ0) is 32.9. The van der Waals surface area contributed by atoms with Crippen molar-refractivity contribution in [1.82, 2.24) is 25.1 Å². The molecule has 0 aliphatic carbocycles. The molecule has 0 spiro atoms. The van der Waals surface area contributed by atoms with Crippen molar-refractivity contribution < 1.29 is 23.5 Å². The molecule has 1 unspecified atom stereocenters. The third kappa shape index (κ3) is 7.32. The number of thiophene rings is 1. The Balaban J connectivity index is 1.23. The Labute approximate surface area is 283 Å². The second kappa shape index (κ2) is 14.4. The van der Waals surface area contributed by atoms with Crippen molar-refractivity contribution >= 4 is 52.2 Å². The second-order valence-corrected chi connectivity index (χ2v) is 12.6. The van der Waals surface area contributed by atoms with Crippen molar-refractivity contribution in [1.29, 1.82) is 0 Å². The summed E-state index contributed by atoms with van der Waals surface area (Å²) in [5.41, 5.74) is 2.59. The highest BCUT2D eigenvalue weighted by Gasteiger charge is 2.34. The van der Waals surface area contributed by atoms with Gasteiger partial charge in [0, 0.05) is 23.1 Å². The molecule has 1 aliphatic heterocycles. The average molecular weight is 691 g/mol. The van der Waals surface area contributed by atoms with E-state index in [2.05, 4.69) is 15.5 Å². The Bertz CT molecular complexity index is 1910. The van der Waals surface area contributed by atoms with E-state index in [0.717, 1.165) is 16.2 Å². The first-order valence-corrected chi connectivity index (χ1v) is 16.6. The Hall–Kier alpha value is -4.72. The van der Waals surface area contributed by atoms with Crippen molar-refractivity contribution in [3.05, 3.63) is 117 Å². The first-order chi connectivity index (χ1) is 22.8. The summed E-state index contributed by atoms with van der Waals surface area (Å²) in [5.74, 6) is 0.404. The summed E-state index contributed by atoms with van der Waals surface area (Å²) in [4.78, 5) is 27.8. The SMILES string of the molecule is COc1cc(OC)cc(C(=O)NCc2nnc(SCC(=O)N3N=C(c4cccs4)CC3c3ccc(F)cc3)n2-c2cccc(Cl)c2)c1. The van der Waals surface area contributed by atoms with Gasteiger partial charge in [-0.05, 0) is 59.5 Å².